The molecule has 2 fully saturated rings. The number of aromatic amines is 1. The van der Waals surface area contributed by atoms with Crippen molar-refractivity contribution in [2.24, 2.45) is 5.92 Å². The zero-order valence-electron chi connectivity index (χ0n) is 17.4. The van der Waals surface area contributed by atoms with E-state index in [1.807, 2.05) is 0 Å². The average molecular weight is 407 g/mol. The lowest BCUT2D eigenvalue weighted by molar-refractivity contribution is -0.138. The Balaban J connectivity index is 1.13. The summed E-state index contributed by atoms with van der Waals surface area (Å²) in [7, 11) is 0. The number of nitrogens with zero attached hydrogens (tertiary/aromatic N) is 2. The smallest absolute Gasteiger partial charge is 0.269 e. The van der Waals surface area contributed by atoms with Crippen LogP contribution in [0.2, 0.25) is 0 Å². The summed E-state index contributed by atoms with van der Waals surface area (Å²) >= 11 is 0. The van der Waals surface area contributed by atoms with E-state index < -0.39 is 0 Å². The number of H-pyrrole nitrogens is 1. The molecule has 1 aromatic heterocycles. The first-order chi connectivity index (χ1) is 14.6. The van der Waals surface area contributed by atoms with Crippen LogP contribution in [0.3, 0.4) is 0 Å². The summed E-state index contributed by atoms with van der Waals surface area (Å²) < 4.78 is 0. The zero-order chi connectivity index (χ0) is 20.6. The molecule has 1 saturated carbocycles. The molecule has 1 saturated heterocycles. The number of benzene rings is 1. The normalized spacial score (nSPS) is 25.1. The number of rotatable bonds is 3. The van der Waals surface area contributed by atoms with Crippen molar-refractivity contribution in [1.29, 1.82) is 0 Å². The number of aryl methyl sites for hydroxylation is 1. The van der Waals surface area contributed by atoms with Crippen LogP contribution in [0.15, 0.2) is 36.8 Å². The quantitative estimate of drug-likeness (QED) is 0.822. The van der Waals surface area contributed by atoms with Crippen LogP contribution >= 0.6 is 0 Å². The summed E-state index contributed by atoms with van der Waals surface area (Å²) in [5.41, 5.74) is 3.82. The number of fused-ring (bicyclic) bond motifs is 2. The van der Waals surface area contributed by atoms with Gasteiger partial charge in [-0.1, -0.05) is 24.3 Å². The first-order valence-electron chi connectivity index (χ1n) is 11.3. The Morgan fingerprint density at radius 3 is 2.57 bits per heavy atom. The van der Waals surface area contributed by atoms with Crippen molar-refractivity contribution in [3.8, 4) is 0 Å². The molecular weight excluding hydrogens is 376 g/mol. The number of aromatic nitrogens is 2. The summed E-state index contributed by atoms with van der Waals surface area (Å²) in [6.45, 7) is 1.76. The van der Waals surface area contributed by atoms with Crippen LogP contribution in [-0.2, 0) is 16.6 Å². The summed E-state index contributed by atoms with van der Waals surface area (Å²) in [6.07, 6.45) is 11.1. The first-order valence-corrected chi connectivity index (χ1v) is 11.3. The number of hydrogen-bond donors (Lipinski definition) is 2. The van der Waals surface area contributed by atoms with Crippen molar-refractivity contribution in [3.63, 3.8) is 0 Å². The van der Waals surface area contributed by atoms with E-state index in [0.29, 0.717) is 17.0 Å². The van der Waals surface area contributed by atoms with E-state index >= 15 is 0 Å². The standard InChI is InChI=1S/C24H30N4O2/c29-22(21-15-25-16-26-21)27-19-7-5-18(6-8-19)23(30)28-13-11-24(12-14-28)10-9-17-3-1-2-4-20(17)24/h1-4,15-16,18-19H,5-14H2,(H,25,26)(H,27,29). The third-order valence-electron chi connectivity index (χ3n) is 7.65. The van der Waals surface area contributed by atoms with Crippen molar-refractivity contribution in [3.05, 3.63) is 53.6 Å². The van der Waals surface area contributed by atoms with Gasteiger partial charge in [-0.05, 0) is 67.9 Å². The van der Waals surface area contributed by atoms with E-state index in [9.17, 15) is 9.59 Å². The molecule has 0 unspecified atom stereocenters. The Labute approximate surface area is 177 Å². The van der Waals surface area contributed by atoms with Gasteiger partial charge in [0.15, 0.2) is 0 Å². The lowest BCUT2D eigenvalue weighted by atomic mass is 9.73. The Kier molecular flexibility index (Phi) is 5.09. The maximum Gasteiger partial charge on any atom is 0.269 e. The van der Waals surface area contributed by atoms with Crippen LogP contribution in [0, 0.1) is 5.92 Å². The van der Waals surface area contributed by atoms with Crippen molar-refractivity contribution in [2.45, 2.75) is 62.8 Å². The topological polar surface area (TPSA) is 78.1 Å². The minimum absolute atomic E-state index is 0.107. The van der Waals surface area contributed by atoms with E-state index in [2.05, 4.69) is 44.5 Å². The van der Waals surface area contributed by atoms with Crippen LogP contribution < -0.4 is 5.32 Å². The molecule has 2 N–H and O–H groups in total. The maximum atomic E-state index is 13.1. The van der Waals surface area contributed by atoms with Crippen molar-refractivity contribution in [2.75, 3.05) is 13.1 Å². The monoisotopic (exact) mass is 406 g/mol. The largest absolute Gasteiger partial charge is 0.348 e. The molecule has 30 heavy (non-hydrogen) atoms. The van der Waals surface area contributed by atoms with Gasteiger partial charge in [-0.2, -0.15) is 0 Å². The van der Waals surface area contributed by atoms with E-state index in [1.54, 1.807) is 0 Å². The van der Waals surface area contributed by atoms with Crippen LogP contribution in [0.4, 0.5) is 0 Å². The Hall–Kier alpha value is -2.63. The summed E-state index contributed by atoms with van der Waals surface area (Å²) in [5, 5.41) is 3.07. The number of hydrogen-bond acceptors (Lipinski definition) is 3. The lowest BCUT2D eigenvalue weighted by Crippen LogP contribution is -2.47. The molecule has 0 atom stereocenters. The number of carbonyl (C=O) groups is 2. The summed E-state index contributed by atoms with van der Waals surface area (Å²) in [4.78, 5) is 34.2. The van der Waals surface area contributed by atoms with Crippen LogP contribution in [0.25, 0.3) is 0 Å². The average Bonchev–Trinajstić information content (AvgIpc) is 3.44. The summed E-state index contributed by atoms with van der Waals surface area (Å²) in [5.74, 6) is 0.324. The number of imidazole rings is 1. The molecule has 0 bridgehead atoms. The molecule has 2 amide bonds. The highest BCUT2D eigenvalue weighted by atomic mass is 16.2. The molecule has 6 heteroatoms. The van der Waals surface area contributed by atoms with Crippen molar-refractivity contribution < 1.29 is 9.59 Å². The molecule has 6 nitrogen and oxygen atoms in total. The highest BCUT2D eigenvalue weighted by molar-refractivity contribution is 5.92. The molecule has 3 aliphatic rings. The van der Waals surface area contributed by atoms with Crippen LogP contribution in [0.1, 0.15) is 66.6 Å². The Morgan fingerprint density at radius 2 is 1.83 bits per heavy atom. The highest BCUT2D eigenvalue weighted by Crippen LogP contribution is 2.46. The van der Waals surface area contributed by atoms with Gasteiger partial charge in [0.05, 0.1) is 12.5 Å². The molecule has 2 aromatic rings. The van der Waals surface area contributed by atoms with Gasteiger partial charge in [0.2, 0.25) is 5.91 Å². The SMILES string of the molecule is O=C(NC1CCC(C(=O)N2CCC3(CCc4ccccc43)CC2)CC1)c1cnc[nH]1. The minimum Gasteiger partial charge on any atom is -0.348 e. The van der Waals surface area contributed by atoms with Crippen molar-refractivity contribution in [1.82, 2.24) is 20.2 Å². The van der Waals surface area contributed by atoms with Gasteiger partial charge in [0.25, 0.3) is 5.91 Å². The van der Waals surface area contributed by atoms with Crippen LogP contribution in [-0.4, -0.2) is 45.8 Å². The summed E-state index contributed by atoms with van der Waals surface area (Å²) in [6, 6.07) is 9.02. The predicted molar refractivity (Wildman–Crippen MR) is 114 cm³/mol. The van der Waals surface area contributed by atoms with Crippen molar-refractivity contribution >= 4 is 11.8 Å². The third kappa shape index (κ3) is 3.53. The number of likely N-dealkylation sites (tertiary alicyclic amines) is 1. The fraction of sp³-hybridized carbons (Fsp3) is 0.542. The van der Waals surface area contributed by atoms with Gasteiger partial charge in [0.1, 0.15) is 5.69 Å². The van der Waals surface area contributed by atoms with Gasteiger partial charge in [-0.15, -0.1) is 0 Å². The molecular formula is C24H30N4O2. The molecule has 2 heterocycles. The molecule has 1 aliphatic heterocycles. The number of piperidine rings is 1. The molecule has 1 spiro atoms. The predicted octanol–water partition coefficient (Wildman–Crippen LogP) is 3.20. The zero-order valence-corrected chi connectivity index (χ0v) is 17.4. The Bertz CT molecular complexity index is 907. The van der Waals surface area contributed by atoms with Gasteiger partial charge >= 0.3 is 0 Å². The Morgan fingerprint density at radius 1 is 1.07 bits per heavy atom. The highest BCUT2D eigenvalue weighted by Gasteiger charge is 2.42. The van der Waals surface area contributed by atoms with E-state index in [1.165, 1.54) is 36.5 Å². The molecule has 158 valence electrons. The molecule has 5 rings (SSSR count). The van der Waals surface area contributed by atoms with Gasteiger partial charge in [-0.25, -0.2) is 4.98 Å². The number of nitrogens with one attached hydrogen (secondary N) is 2. The second-order valence-electron chi connectivity index (χ2n) is 9.25. The number of amides is 2. The lowest BCUT2D eigenvalue weighted by Gasteiger charge is -2.42. The van der Waals surface area contributed by atoms with Gasteiger partial charge < -0.3 is 15.2 Å². The first kappa shape index (κ1) is 19.3. The maximum absolute atomic E-state index is 13.1. The molecule has 1 aromatic carbocycles. The third-order valence-corrected chi connectivity index (χ3v) is 7.65. The van der Waals surface area contributed by atoms with Gasteiger partial charge in [0, 0.05) is 25.0 Å². The minimum atomic E-state index is -0.111. The van der Waals surface area contributed by atoms with Crippen LogP contribution in [0.5, 0.6) is 0 Å². The second kappa shape index (κ2) is 7.89. The van der Waals surface area contributed by atoms with E-state index in [4.69, 9.17) is 0 Å². The van der Waals surface area contributed by atoms with E-state index in [0.717, 1.165) is 51.6 Å². The fourth-order valence-corrected chi connectivity index (χ4v) is 5.82. The molecule has 0 radical (unpaired) electrons. The fourth-order valence-electron chi connectivity index (χ4n) is 5.82. The van der Waals surface area contributed by atoms with Gasteiger partial charge in [-0.3, -0.25) is 9.59 Å². The molecule has 2 aliphatic carbocycles. The second-order valence-corrected chi connectivity index (χ2v) is 9.25. The number of carbonyl (C=O) groups excluding carboxylic acids is 2. The van der Waals surface area contributed by atoms with E-state index in [-0.39, 0.29) is 17.9 Å².